The number of benzene rings is 1. The van der Waals surface area contributed by atoms with Gasteiger partial charge in [-0.2, -0.15) is 4.31 Å². The zero-order valence-electron chi connectivity index (χ0n) is 17.2. The highest BCUT2D eigenvalue weighted by atomic mass is 32.2. The van der Waals surface area contributed by atoms with Crippen LogP contribution in [-0.2, 0) is 14.8 Å². The van der Waals surface area contributed by atoms with Crippen LogP contribution in [0.2, 0.25) is 0 Å². The summed E-state index contributed by atoms with van der Waals surface area (Å²) in [6.45, 7) is 13.2. The normalized spacial score (nSPS) is 15.6. The molecule has 0 radical (unpaired) electrons. The van der Waals surface area contributed by atoms with Gasteiger partial charge in [0.15, 0.2) is 0 Å². The number of nitrogens with one attached hydrogen (secondary N) is 1. The van der Waals surface area contributed by atoms with E-state index < -0.39 is 10.0 Å². The van der Waals surface area contributed by atoms with E-state index in [-0.39, 0.29) is 24.8 Å². The van der Waals surface area contributed by atoms with Gasteiger partial charge in [-0.1, -0.05) is 31.5 Å². The second-order valence-corrected chi connectivity index (χ2v) is 9.74. The number of sulfonamides is 1. The number of amides is 1. The zero-order chi connectivity index (χ0) is 20.2. The van der Waals surface area contributed by atoms with E-state index >= 15 is 0 Å². The number of aryl methyl sites for hydroxylation is 3. The molecule has 1 N–H and O–H groups in total. The van der Waals surface area contributed by atoms with Gasteiger partial charge in [-0.05, 0) is 37.8 Å². The molecule has 1 aromatic carbocycles. The molecule has 152 valence electrons. The maximum Gasteiger partial charge on any atom is 0.243 e. The molecule has 1 fully saturated rings. The molecule has 1 aliphatic rings. The molecule has 1 heterocycles. The predicted octanol–water partition coefficient (Wildman–Crippen LogP) is 2.08. The lowest BCUT2D eigenvalue weighted by Gasteiger charge is -2.29. The van der Waals surface area contributed by atoms with Crippen molar-refractivity contribution in [2.75, 3.05) is 39.3 Å². The molecule has 1 amide bonds. The highest BCUT2D eigenvalue weighted by Gasteiger charge is 2.29. The average Bonchev–Trinajstić information content (AvgIpc) is 2.57. The Morgan fingerprint density at radius 1 is 1.15 bits per heavy atom. The Morgan fingerprint density at radius 2 is 1.70 bits per heavy atom. The minimum atomic E-state index is -3.65. The van der Waals surface area contributed by atoms with Crippen LogP contribution >= 0.6 is 0 Å². The molecule has 1 aromatic rings. The van der Waals surface area contributed by atoms with Gasteiger partial charge in [-0.25, -0.2) is 8.42 Å². The maximum absolute atomic E-state index is 13.4. The predicted molar refractivity (Wildman–Crippen MR) is 108 cm³/mol. The van der Waals surface area contributed by atoms with Gasteiger partial charge in [0.05, 0.1) is 4.90 Å². The molecular formula is C20H33N3O3S. The molecule has 2 rings (SSSR count). The summed E-state index contributed by atoms with van der Waals surface area (Å²) in [5, 5.41) is 3.22. The molecule has 0 aliphatic carbocycles. The highest BCUT2D eigenvalue weighted by Crippen LogP contribution is 2.26. The maximum atomic E-state index is 13.4. The van der Waals surface area contributed by atoms with Crippen molar-refractivity contribution in [1.29, 1.82) is 0 Å². The van der Waals surface area contributed by atoms with Crippen LogP contribution in [0, 0.1) is 26.7 Å². The molecule has 0 aromatic heterocycles. The Bertz CT molecular complexity index is 746. The first-order valence-corrected chi connectivity index (χ1v) is 11.1. The lowest BCUT2D eigenvalue weighted by Crippen LogP contribution is -2.47. The van der Waals surface area contributed by atoms with Crippen molar-refractivity contribution in [1.82, 2.24) is 14.5 Å². The van der Waals surface area contributed by atoms with Crippen molar-refractivity contribution in [2.24, 2.45) is 5.92 Å². The third kappa shape index (κ3) is 5.53. The van der Waals surface area contributed by atoms with Crippen molar-refractivity contribution in [2.45, 2.75) is 45.9 Å². The van der Waals surface area contributed by atoms with Gasteiger partial charge < -0.3 is 10.2 Å². The van der Waals surface area contributed by atoms with Crippen molar-refractivity contribution in [3.8, 4) is 0 Å². The molecule has 27 heavy (non-hydrogen) atoms. The van der Waals surface area contributed by atoms with Gasteiger partial charge in [0.2, 0.25) is 15.9 Å². The Balaban J connectivity index is 2.23. The monoisotopic (exact) mass is 395 g/mol. The minimum absolute atomic E-state index is 0.0257. The first kappa shape index (κ1) is 21.9. The Hall–Kier alpha value is -1.44. The fourth-order valence-electron chi connectivity index (χ4n) is 3.71. The average molecular weight is 396 g/mol. The number of rotatable bonds is 7. The lowest BCUT2D eigenvalue weighted by atomic mass is 10.1. The Morgan fingerprint density at radius 3 is 2.22 bits per heavy atom. The fourth-order valence-corrected chi connectivity index (χ4v) is 5.73. The first-order chi connectivity index (χ1) is 12.6. The number of carbonyl (C=O) groups is 1. The smallest absolute Gasteiger partial charge is 0.243 e. The van der Waals surface area contributed by atoms with E-state index in [1.165, 1.54) is 4.31 Å². The van der Waals surface area contributed by atoms with E-state index in [9.17, 15) is 13.2 Å². The van der Waals surface area contributed by atoms with E-state index in [2.05, 4.69) is 5.32 Å². The van der Waals surface area contributed by atoms with Gasteiger partial charge in [0.25, 0.3) is 0 Å². The molecule has 6 nitrogen and oxygen atoms in total. The molecule has 0 bridgehead atoms. The van der Waals surface area contributed by atoms with Crippen LogP contribution in [0.1, 0.15) is 37.0 Å². The van der Waals surface area contributed by atoms with Gasteiger partial charge in [-0.15, -0.1) is 0 Å². The second-order valence-electron chi connectivity index (χ2n) is 7.87. The van der Waals surface area contributed by atoms with Gasteiger partial charge in [0, 0.05) is 45.7 Å². The standard InChI is InChI=1S/C20H33N3O3S/c1-15(2)14-23(9-6-19(24)22-10-7-21-8-11-22)27(25,26)20-17(4)12-16(3)13-18(20)5/h12-13,15,21H,6-11,14H2,1-5H3. The molecule has 1 saturated heterocycles. The van der Waals surface area contributed by atoms with E-state index in [0.29, 0.717) is 24.5 Å². The van der Waals surface area contributed by atoms with Gasteiger partial charge >= 0.3 is 0 Å². The van der Waals surface area contributed by atoms with Crippen LogP contribution in [0.4, 0.5) is 0 Å². The fraction of sp³-hybridized carbons (Fsp3) is 0.650. The van der Waals surface area contributed by atoms with Crippen molar-refractivity contribution < 1.29 is 13.2 Å². The van der Waals surface area contributed by atoms with Crippen molar-refractivity contribution in [3.63, 3.8) is 0 Å². The second kappa shape index (κ2) is 9.17. The summed E-state index contributed by atoms with van der Waals surface area (Å²) in [5.41, 5.74) is 2.57. The van der Waals surface area contributed by atoms with Crippen LogP contribution < -0.4 is 5.32 Å². The van der Waals surface area contributed by atoms with Crippen LogP contribution in [0.3, 0.4) is 0 Å². The van der Waals surface area contributed by atoms with Gasteiger partial charge in [-0.3, -0.25) is 4.79 Å². The molecule has 0 atom stereocenters. The molecule has 0 unspecified atom stereocenters. The van der Waals surface area contributed by atoms with Crippen molar-refractivity contribution in [3.05, 3.63) is 28.8 Å². The molecule has 0 spiro atoms. The number of hydrogen-bond donors (Lipinski definition) is 1. The van der Waals surface area contributed by atoms with E-state index in [1.54, 1.807) is 0 Å². The topological polar surface area (TPSA) is 69.7 Å². The minimum Gasteiger partial charge on any atom is -0.340 e. The summed E-state index contributed by atoms with van der Waals surface area (Å²) in [6.07, 6.45) is 0.218. The van der Waals surface area contributed by atoms with Gasteiger partial charge in [0.1, 0.15) is 0 Å². The molecule has 7 heteroatoms. The van der Waals surface area contributed by atoms with Crippen LogP contribution in [0.5, 0.6) is 0 Å². The number of piperazine rings is 1. The van der Waals surface area contributed by atoms with Crippen LogP contribution in [0.15, 0.2) is 17.0 Å². The van der Waals surface area contributed by atoms with E-state index in [1.807, 2.05) is 51.7 Å². The first-order valence-electron chi connectivity index (χ1n) is 9.69. The van der Waals surface area contributed by atoms with Crippen LogP contribution in [-0.4, -0.2) is 62.8 Å². The lowest BCUT2D eigenvalue weighted by molar-refractivity contribution is -0.131. The zero-order valence-corrected chi connectivity index (χ0v) is 18.0. The SMILES string of the molecule is Cc1cc(C)c(S(=O)(=O)N(CCC(=O)N2CCNCC2)CC(C)C)c(C)c1. The Labute approximate surface area is 164 Å². The third-order valence-corrected chi connectivity index (χ3v) is 6.99. The quantitative estimate of drug-likeness (QED) is 0.767. The largest absolute Gasteiger partial charge is 0.340 e. The van der Waals surface area contributed by atoms with Crippen molar-refractivity contribution >= 4 is 15.9 Å². The molecule has 1 aliphatic heterocycles. The summed E-state index contributed by atoms with van der Waals surface area (Å²) in [6, 6.07) is 3.80. The van der Waals surface area contributed by atoms with E-state index in [4.69, 9.17) is 0 Å². The molecule has 0 saturated carbocycles. The summed E-state index contributed by atoms with van der Waals surface area (Å²) in [7, 11) is -3.65. The number of carbonyl (C=O) groups excluding carboxylic acids is 1. The summed E-state index contributed by atoms with van der Waals surface area (Å²) in [5.74, 6) is 0.206. The molecular weight excluding hydrogens is 362 g/mol. The van der Waals surface area contributed by atoms with E-state index in [0.717, 1.165) is 29.8 Å². The third-order valence-electron chi connectivity index (χ3n) is 4.82. The van der Waals surface area contributed by atoms with Crippen LogP contribution in [0.25, 0.3) is 0 Å². The number of hydrogen-bond acceptors (Lipinski definition) is 4. The Kier molecular flexibility index (Phi) is 7.42. The summed E-state index contributed by atoms with van der Waals surface area (Å²) < 4.78 is 28.3. The summed E-state index contributed by atoms with van der Waals surface area (Å²) >= 11 is 0. The number of nitrogens with zero attached hydrogens (tertiary/aromatic N) is 2. The summed E-state index contributed by atoms with van der Waals surface area (Å²) in [4.78, 5) is 14.7. The highest BCUT2D eigenvalue weighted by molar-refractivity contribution is 7.89.